The SMILES string of the molecule is C[C@@H](N)c1nc2cccnc2n1-c1ccccc1. The minimum Gasteiger partial charge on any atom is -0.322 e. The first kappa shape index (κ1) is 10.9. The molecule has 0 radical (unpaired) electrons. The fourth-order valence-electron chi connectivity index (χ4n) is 2.07. The Morgan fingerprint density at radius 2 is 1.89 bits per heavy atom. The van der Waals surface area contributed by atoms with Crippen molar-refractivity contribution in [3.63, 3.8) is 0 Å². The summed E-state index contributed by atoms with van der Waals surface area (Å²) in [7, 11) is 0. The number of fused-ring (bicyclic) bond motifs is 1. The molecular formula is C14H14N4. The Morgan fingerprint density at radius 1 is 1.11 bits per heavy atom. The molecule has 2 heterocycles. The van der Waals surface area contributed by atoms with Crippen LogP contribution in [0.15, 0.2) is 48.7 Å². The molecule has 4 nitrogen and oxygen atoms in total. The second-order valence-corrected chi connectivity index (χ2v) is 4.28. The van der Waals surface area contributed by atoms with Crippen LogP contribution in [0.2, 0.25) is 0 Å². The number of pyridine rings is 1. The van der Waals surface area contributed by atoms with Gasteiger partial charge in [-0.15, -0.1) is 0 Å². The highest BCUT2D eigenvalue weighted by atomic mass is 15.1. The van der Waals surface area contributed by atoms with Crippen molar-refractivity contribution in [3.05, 3.63) is 54.5 Å². The first-order chi connectivity index (χ1) is 8.77. The Labute approximate surface area is 105 Å². The van der Waals surface area contributed by atoms with Gasteiger partial charge in [0, 0.05) is 11.9 Å². The molecule has 0 saturated heterocycles. The lowest BCUT2D eigenvalue weighted by molar-refractivity contribution is 0.725. The third kappa shape index (κ3) is 1.67. The predicted molar refractivity (Wildman–Crippen MR) is 71.5 cm³/mol. The highest BCUT2D eigenvalue weighted by Gasteiger charge is 2.15. The van der Waals surface area contributed by atoms with Gasteiger partial charge < -0.3 is 5.73 Å². The van der Waals surface area contributed by atoms with Crippen LogP contribution in [0.1, 0.15) is 18.8 Å². The van der Waals surface area contributed by atoms with Gasteiger partial charge in [-0.25, -0.2) is 9.97 Å². The molecule has 0 bridgehead atoms. The number of rotatable bonds is 2. The minimum absolute atomic E-state index is 0.139. The molecule has 0 aliphatic carbocycles. The number of imidazole rings is 1. The zero-order valence-electron chi connectivity index (χ0n) is 10.1. The van der Waals surface area contributed by atoms with E-state index in [0.717, 1.165) is 22.7 Å². The van der Waals surface area contributed by atoms with E-state index in [2.05, 4.69) is 9.97 Å². The topological polar surface area (TPSA) is 56.7 Å². The molecule has 1 atom stereocenters. The number of aromatic nitrogens is 3. The second kappa shape index (κ2) is 4.23. The van der Waals surface area contributed by atoms with Crippen molar-refractivity contribution < 1.29 is 0 Å². The van der Waals surface area contributed by atoms with Crippen LogP contribution in [0.5, 0.6) is 0 Å². The smallest absolute Gasteiger partial charge is 0.164 e. The lowest BCUT2D eigenvalue weighted by Gasteiger charge is -2.10. The Balaban J connectivity index is 2.35. The second-order valence-electron chi connectivity index (χ2n) is 4.28. The Kier molecular flexibility index (Phi) is 2.57. The molecule has 4 heteroatoms. The van der Waals surface area contributed by atoms with E-state index in [1.165, 1.54) is 0 Å². The third-order valence-corrected chi connectivity index (χ3v) is 2.86. The molecule has 2 N–H and O–H groups in total. The van der Waals surface area contributed by atoms with Crippen molar-refractivity contribution in [1.29, 1.82) is 0 Å². The fourth-order valence-corrected chi connectivity index (χ4v) is 2.07. The van der Waals surface area contributed by atoms with Crippen LogP contribution in [0.25, 0.3) is 16.9 Å². The molecular weight excluding hydrogens is 224 g/mol. The predicted octanol–water partition coefficient (Wildman–Crippen LogP) is 2.44. The van der Waals surface area contributed by atoms with E-state index in [-0.39, 0.29) is 6.04 Å². The molecule has 0 aliphatic rings. The number of hydrogen-bond donors (Lipinski definition) is 1. The summed E-state index contributed by atoms with van der Waals surface area (Å²) in [5, 5.41) is 0. The van der Waals surface area contributed by atoms with Crippen LogP contribution < -0.4 is 5.73 Å². The van der Waals surface area contributed by atoms with Gasteiger partial charge in [0.2, 0.25) is 0 Å². The zero-order chi connectivity index (χ0) is 12.5. The average molecular weight is 238 g/mol. The van der Waals surface area contributed by atoms with Gasteiger partial charge in [-0.3, -0.25) is 4.57 Å². The van der Waals surface area contributed by atoms with Gasteiger partial charge in [-0.1, -0.05) is 18.2 Å². The number of nitrogens with zero attached hydrogens (tertiary/aromatic N) is 3. The maximum atomic E-state index is 6.00. The highest BCUT2D eigenvalue weighted by molar-refractivity contribution is 5.73. The molecule has 0 unspecified atom stereocenters. The van der Waals surface area contributed by atoms with Crippen LogP contribution in [0.3, 0.4) is 0 Å². The van der Waals surface area contributed by atoms with Gasteiger partial charge in [0.05, 0.1) is 6.04 Å². The largest absolute Gasteiger partial charge is 0.322 e. The quantitative estimate of drug-likeness (QED) is 0.746. The van der Waals surface area contributed by atoms with E-state index in [1.807, 2.05) is 54.0 Å². The lowest BCUT2D eigenvalue weighted by Crippen LogP contribution is -2.12. The van der Waals surface area contributed by atoms with E-state index in [0.29, 0.717) is 0 Å². The summed E-state index contributed by atoms with van der Waals surface area (Å²) >= 11 is 0. The van der Waals surface area contributed by atoms with E-state index in [4.69, 9.17) is 5.73 Å². The molecule has 0 saturated carbocycles. The molecule has 18 heavy (non-hydrogen) atoms. The maximum absolute atomic E-state index is 6.00. The van der Waals surface area contributed by atoms with Crippen LogP contribution in [0.4, 0.5) is 0 Å². The normalized spacial score (nSPS) is 12.8. The zero-order valence-corrected chi connectivity index (χ0v) is 10.1. The van der Waals surface area contributed by atoms with Gasteiger partial charge >= 0.3 is 0 Å². The third-order valence-electron chi connectivity index (χ3n) is 2.86. The van der Waals surface area contributed by atoms with E-state index >= 15 is 0 Å². The fraction of sp³-hybridized carbons (Fsp3) is 0.143. The molecule has 0 amide bonds. The number of benzene rings is 1. The summed E-state index contributed by atoms with van der Waals surface area (Å²) in [6, 6.07) is 13.7. The molecule has 2 aromatic heterocycles. The Hall–Kier alpha value is -2.20. The first-order valence-electron chi connectivity index (χ1n) is 5.92. The summed E-state index contributed by atoms with van der Waals surface area (Å²) < 4.78 is 2.01. The van der Waals surface area contributed by atoms with Crippen LogP contribution in [0, 0.1) is 0 Å². The molecule has 3 rings (SSSR count). The molecule has 3 aromatic rings. The van der Waals surface area contributed by atoms with Crippen molar-refractivity contribution in [3.8, 4) is 5.69 Å². The van der Waals surface area contributed by atoms with Crippen LogP contribution >= 0.6 is 0 Å². The highest BCUT2D eigenvalue weighted by Crippen LogP contribution is 2.22. The number of para-hydroxylation sites is 1. The molecule has 0 aliphatic heterocycles. The van der Waals surface area contributed by atoms with E-state index in [1.54, 1.807) is 6.20 Å². The van der Waals surface area contributed by atoms with Gasteiger partial charge in [0.1, 0.15) is 11.3 Å². The van der Waals surface area contributed by atoms with Crippen LogP contribution in [-0.2, 0) is 0 Å². The van der Waals surface area contributed by atoms with Gasteiger partial charge in [0.25, 0.3) is 0 Å². The minimum atomic E-state index is -0.139. The van der Waals surface area contributed by atoms with E-state index in [9.17, 15) is 0 Å². The average Bonchev–Trinajstić information content (AvgIpc) is 2.79. The van der Waals surface area contributed by atoms with Gasteiger partial charge in [0.15, 0.2) is 5.65 Å². The van der Waals surface area contributed by atoms with Crippen molar-refractivity contribution in [2.24, 2.45) is 5.73 Å². The van der Waals surface area contributed by atoms with Crippen molar-refractivity contribution in [1.82, 2.24) is 14.5 Å². The van der Waals surface area contributed by atoms with Crippen molar-refractivity contribution in [2.45, 2.75) is 13.0 Å². The van der Waals surface area contributed by atoms with Gasteiger partial charge in [-0.2, -0.15) is 0 Å². The summed E-state index contributed by atoms with van der Waals surface area (Å²) in [6.45, 7) is 1.93. The van der Waals surface area contributed by atoms with E-state index < -0.39 is 0 Å². The summed E-state index contributed by atoms with van der Waals surface area (Å²) in [5.74, 6) is 0.829. The van der Waals surface area contributed by atoms with Gasteiger partial charge in [-0.05, 0) is 31.2 Å². The molecule has 0 fully saturated rings. The summed E-state index contributed by atoms with van der Waals surface area (Å²) in [4.78, 5) is 8.97. The lowest BCUT2D eigenvalue weighted by atomic mass is 10.3. The molecule has 1 aromatic carbocycles. The molecule has 90 valence electrons. The van der Waals surface area contributed by atoms with Crippen molar-refractivity contribution >= 4 is 11.2 Å². The summed E-state index contributed by atoms with van der Waals surface area (Å²) in [6.07, 6.45) is 1.77. The van der Waals surface area contributed by atoms with Crippen molar-refractivity contribution in [2.75, 3.05) is 0 Å². The number of hydrogen-bond acceptors (Lipinski definition) is 3. The first-order valence-corrected chi connectivity index (χ1v) is 5.92. The van der Waals surface area contributed by atoms with Crippen LogP contribution in [-0.4, -0.2) is 14.5 Å². The number of nitrogens with two attached hydrogens (primary N) is 1. The summed E-state index contributed by atoms with van der Waals surface area (Å²) in [5.41, 5.74) is 8.75. The molecule has 0 spiro atoms. The standard InChI is InChI=1S/C14H14N4/c1-10(15)13-17-12-8-5-9-16-14(12)18(13)11-6-3-2-4-7-11/h2-10H,15H2,1H3/t10-/m1/s1. The maximum Gasteiger partial charge on any atom is 0.164 e. The monoisotopic (exact) mass is 238 g/mol. The Morgan fingerprint density at radius 3 is 2.61 bits per heavy atom. The Bertz CT molecular complexity index is 671.